The van der Waals surface area contributed by atoms with Crippen molar-refractivity contribution in [2.45, 2.75) is 36.7 Å². The largest absolute Gasteiger partial charge is 0.261 e. The molecule has 3 nitrogen and oxygen atoms in total. The van der Waals surface area contributed by atoms with Crippen molar-refractivity contribution in [2.24, 2.45) is 0 Å². The van der Waals surface area contributed by atoms with Crippen molar-refractivity contribution in [1.29, 1.82) is 0 Å². The smallest absolute Gasteiger partial charge is 0.238 e. The van der Waals surface area contributed by atoms with E-state index in [1.165, 1.54) is 4.90 Å². The van der Waals surface area contributed by atoms with Crippen LogP contribution in [0, 0.1) is 0 Å². The Balaban J connectivity index is 0.000000847. The predicted octanol–water partition coefficient (Wildman–Crippen LogP) is 4.66. The van der Waals surface area contributed by atoms with Gasteiger partial charge >= 0.3 is 0 Å². The van der Waals surface area contributed by atoms with Gasteiger partial charge in [-0.1, -0.05) is 38.1 Å². The lowest BCUT2D eigenvalue weighted by Gasteiger charge is -2.12. The number of benzene rings is 2. The van der Waals surface area contributed by atoms with Gasteiger partial charge in [0, 0.05) is 28.7 Å². The zero-order valence-electron chi connectivity index (χ0n) is 12.5. The zero-order valence-corrected chi connectivity index (χ0v) is 14.9. The molecule has 22 heavy (non-hydrogen) atoms. The molecular formula is C16H18ClNO2S2. The molecule has 0 bridgehead atoms. The fourth-order valence-corrected chi connectivity index (χ4v) is 3.97. The summed E-state index contributed by atoms with van der Waals surface area (Å²) in [6.45, 7) is 5.52. The van der Waals surface area contributed by atoms with E-state index in [1.54, 1.807) is 24.1 Å². The van der Waals surface area contributed by atoms with Crippen molar-refractivity contribution >= 4 is 31.7 Å². The molecule has 1 aliphatic heterocycles. The van der Waals surface area contributed by atoms with Crippen LogP contribution in [0.2, 0.25) is 0 Å². The number of hydrogen-bond acceptors (Lipinski definition) is 4. The van der Waals surface area contributed by atoms with Crippen molar-refractivity contribution in [2.75, 3.05) is 0 Å². The number of hydrogen-bond donors (Lipinski definition) is 0. The van der Waals surface area contributed by atoms with Gasteiger partial charge in [-0.3, -0.25) is 0 Å². The van der Waals surface area contributed by atoms with Crippen LogP contribution in [0.25, 0.3) is 0 Å². The van der Waals surface area contributed by atoms with E-state index in [-0.39, 0.29) is 4.90 Å². The van der Waals surface area contributed by atoms with Crippen LogP contribution in [-0.2, 0) is 22.1 Å². The molecule has 0 fully saturated rings. The van der Waals surface area contributed by atoms with Crippen molar-refractivity contribution in [3.8, 4) is 0 Å². The summed E-state index contributed by atoms with van der Waals surface area (Å²) in [5, 5.41) is 0. The summed E-state index contributed by atoms with van der Waals surface area (Å²) in [5.41, 5.74) is 2.17. The van der Waals surface area contributed by atoms with Crippen molar-refractivity contribution < 1.29 is 8.42 Å². The minimum Gasteiger partial charge on any atom is -0.238 e. The summed E-state index contributed by atoms with van der Waals surface area (Å²) in [7, 11) is 1.73. The molecule has 6 heteroatoms. The Bertz CT molecular complexity index is 733. The maximum Gasteiger partial charge on any atom is 0.261 e. The van der Waals surface area contributed by atoms with Gasteiger partial charge in [-0.15, -0.1) is 0 Å². The number of halogens is 1. The molecule has 1 aliphatic rings. The quantitative estimate of drug-likeness (QED) is 0.592. The fraction of sp³-hybridized carbons (Fsp3) is 0.250. The first-order valence-electron chi connectivity index (χ1n) is 7.07. The maximum atomic E-state index is 11.4. The van der Waals surface area contributed by atoms with Crippen LogP contribution in [-0.4, -0.2) is 12.7 Å². The first-order valence-corrected chi connectivity index (χ1v) is 10.1. The summed E-state index contributed by atoms with van der Waals surface area (Å²) in [6, 6.07) is 15.2. The first kappa shape index (κ1) is 17.3. The molecule has 0 atom stereocenters. The number of rotatable bonds is 3. The van der Waals surface area contributed by atoms with Gasteiger partial charge < -0.3 is 0 Å². The molecule has 118 valence electrons. The van der Waals surface area contributed by atoms with Crippen molar-refractivity contribution in [1.82, 2.24) is 4.31 Å². The van der Waals surface area contributed by atoms with Crippen LogP contribution in [0.4, 0.5) is 0 Å². The van der Waals surface area contributed by atoms with E-state index < -0.39 is 9.05 Å². The Morgan fingerprint density at radius 1 is 1.00 bits per heavy atom. The Hall–Kier alpha value is -1.01. The van der Waals surface area contributed by atoms with E-state index in [0.29, 0.717) is 0 Å². The molecule has 2 aromatic carbocycles. The fourth-order valence-electron chi connectivity index (χ4n) is 2.19. The Labute approximate surface area is 140 Å². The molecule has 0 radical (unpaired) electrons. The third-order valence-electron chi connectivity index (χ3n) is 3.13. The number of nitrogens with zero attached hydrogens (tertiary/aromatic N) is 1. The number of fused-ring (bicyclic) bond motifs is 1. The molecule has 0 spiro atoms. The standard InChI is InChI=1S/C14H12ClNO2S2.C2H6/c15-20(17,18)14-7-6-11-9-16(10-12(11)8-14)19-13-4-2-1-3-5-13;1-2/h1-8H,9-10H2;1-2H3. The summed E-state index contributed by atoms with van der Waals surface area (Å²) < 4.78 is 24.9. The van der Waals surface area contributed by atoms with E-state index >= 15 is 0 Å². The van der Waals surface area contributed by atoms with E-state index in [4.69, 9.17) is 10.7 Å². The van der Waals surface area contributed by atoms with Crippen LogP contribution in [0.1, 0.15) is 25.0 Å². The van der Waals surface area contributed by atoms with E-state index in [1.807, 2.05) is 38.1 Å². The van der Waals surface area contributed by atoms with Gasteiger partial charge in [-0.2, -0.15) is 0 Å². The van der Waals surface area contributed by atoms with Crippen LogP contribution in [0.15, 0.2) is 58.3 Å². The highest BCUT2D eigenvalue weighted by atomic mass is 35.7. The Morgan fingerprint density at radius 3 is 2.27 bits per heavy atom. The lowest BCUT2D eigenvalue weighted by atomic mass is 10.1. The van der Waals surface area contributed by atoms with Crippen LogP contribution < -0.4 is 0 Å². The second-order valence-corrected chi connectivity index (χ2v) is 8.31. The molecule has 0 saturated heterocycles. The Kier molecular flexibility index (Phi) is 5.92. The minimum atomic E-state index is -3.65. The highest BCUT2D eigenvalue weighted by molar-refractivity contribution is 8.13. The van der Waals surface area contributed by atoms with Crippen molar-refractivity contribution in [3.05, 3.63) is 59.7 Å². The lowest BCUT2D eigenvalue weighted by molar-refractivity contribution is 0.508. The average Bonchev–Trinajstić information content (AvgIpc) is 2.90. The van der Waals surface area contributed by atoms with Gasteiger partial charge in [-0.05, 0) is 47.3 Å². The Morgan fingerprint density at radius 2 is 1.64 bits per heavy atom. The summed E-state index contributed by atoms with van der Waals surface area (Å²) in [4.78, 5) is 1.34. The van der Waals surface area contributed by atoms with Crippen LogP contribution >= 0.6 is 22.6 Å². The van der Waals surface area contributed by atoms with E-state index in [9.17, 15) is 8.42 Å². The van der Waals surface area contributed by atoms with Gasteiger partial charge in [0.25, 0.3) is 9.05 Å². The van der Waals surface area contributed by atoms with Gasteiger partial charge in [0.15, 0.2) is 0 Å². The SMILES string of the molecule is CC.O=S(=O)(Cl)c1ccc2c(c1)CN(Sc1ccccc1)C2. The maximum absolute atomic E-state index is 11.4. The van der Waals surface area contributed by atoms with Gasteiger partial charge in [0.1, 0.15) is 0 Å². The average molecular weight is 356 g/mol. The molecule has 0 unspecified atom stereocenters. The topological polar surface area (TPSA) is 37.4 Å². The monoisotopic (exact) mass is 355 g/mol. The van der Waals surface area contributed by atoms with Crippen LogP contribution in [0.5, 0.6) is 0 Å². The second-order valence-electron chi connectivity index (χ2n) is 4.57. The molecule has 2 aromatic rings. The molecule has 0 amide bonds. The van der Waals surface area contributed by atoms with Crippen molar-refractivity contribution in [3.63, 3.8) is 0 Å². The normalized spacial score (nSPS) is 14.1. The van der Waals surface area contributed by atoms with Gasteiger partial charge in [0.05, 0.1) is 4.90 Å². The lowest BCUT2D eigenvalue weighted by Crippen LogP contribution is -2.05. The molecule has 3 rings (SSSR count). The van der Waals surface area contributed by atoms with Gasteiger partial charge in [0.2, 0.25) is 0 Å². The minimum absolute atomic E-state index is 0.171. The zero-order chi connectivity index (χ0) is 16.2. The molecule has 1 heterocycles. The third-order valence-corrected chi connectivity index (χ3v) is 5.48. The molecule has 0 aliphatic carbocycles. The third kappa shape index (κ3) is 4.26. The molecule has 0 saturated carbocycles. The van der Waals surface area contributed by atoms with Crippen LogP contribution in [0.3, 0.4) is 0 Å². The molecule has 0 aromatic heterocycles. The summed E-state index contributed by atoms with van der Waals surface area (Å²) in [5.74, 6) is 0. The highest BCUT2D eigenvalue weighted by Crippen LogP contribution is 2.33. The second kappa shape index (κ2) is 7.51. The molecular weight excluding hydrogens is 338 g/mol. The summed E-state index contributed by atoms with van der Waals surface area (Å²) in [6.07, 6.45) is 0. The van der Waals surface area contributed by atoms with Gasteiger partial charge in [-0.25, -0.2) is 12.7 Å². The predicted molar refractivity (Wildman–Crippen MR) is 92.4 cm³/mol. The first-order chi connectivity index (χ1) is 10.5. The molecule has 0 N–H and O–H groups in total. The highest BCUT2D eigenvalue weighted by Gasteiger charge is 2.22. The van der Waals surface area contributed by atoms with E-state index in [0.717, 1.165) is 24.2 Å². The summed E-state index contributed by atoms with van der Waals surface area (Å²) >= 11 is 1.67. The van der Waals surface area contributed by atoms with E-state index in [2.05, 4.69) is 16.4 Å².